The molecule has 0 radical (unpaired) electrons. The molecule has 2 rings (SSSR count). The lowest BCUT2D eigenvalue weighted by molar-refractivity contribution is 0.170. The molecule has 0 aromatic heterocycles. The van der Waals surface area contributed by atoms with Crippen LogP contribution in [0, 0.1) is 16.7 Å². The van der Waals surface area contributed by atoms with Crippen LogP contribution in [0.4, 0.5) is 0 Å². The van der Waals surface area contributed by atoms with Crippen LogP contribution in [0.25, 0.3) is 0 Å². The van der Waals surface area contributed by atoms with E-state index in [1.54, 1.807) is 0 Å². The first-order valence-corrected chi connectivity index (χ1v) is 7.23. The molecule has 2 saturated carbocycles. The van der Waals surface area contributed by atoms with Crippen LogP contribution in [-0.2, 0) is 0 Å². The second kappa shape index (κ2) is 3.81. The summed E-state index contributed by atoms with van der Waals surface area (Å²) in [6.07, 6.45) is 10.4. The molecule has 0 bridgehead atoms. The molecule has 2 aliphatic rings. The first kappa shape index (κ1) is 11.0. The van der Waals surface area contributed by atoms with Crippen molar-refractivity contribution in [2.24, 2.45) is 16.7 Å². The maximum Gasteiger partial charge on any atom is 0.00880 e. The molecular formula is C13H23Br. The third-order valence-corrected chi connectivity index (χ3v) is 5.61. The highest BCUT2D eigenvalue weighted by molar-refractivity contribution is 9.09. The lowest BCUT2D eigenvalue weighted by atomic mass is 9.71. The third-order valence-electron chi connectivity index (χ3n) is 4.42. The van der Waals surface area contributed by atoms with Gasteiger partial charge in [-0.05, 0) is 61.7 Å². The second-order valence-electron chi connectivity index (χ2n) is 6.45. The van der Waals surface area contributed by atoms with Gasteiger partial charge in [0.1, 0.15) is 0 Å². The third kappa shape index (κ3) is 2.53. The highest BCUT2D eigenvalue weighted by atomic mass is 79.9. The van der Waals surface area contributed by atoms with Crippen molar-refractivity contribution in [1.82, 2.24) is 0 Å². The molecule has 0 aliphatic heterocycles. The monoisotopic (exact) mass is 258 g/mol. The van der Waals surface area contributed by atoms with Crippen LogP contribution in [0.5, 0.6) is 0 Å². The Labute approximate surface area is 97.0 Å². The molecule has 82 valence electrons. The lowest BCUT2D eigenvalue weighted by Gasteiger charge is -2.35. The van der Waals surface area contributed by atoms with Crippen molar-refractivity contribution >= 4 is 15.9 Å². The van der Waals surface area contributed by atoms with Gasteiger partial charge in [0, 0.05) is 5.33 Å². The van der Waals surface area contributed by atoms with E-state index in [0.29, 0.717) is 5.41 Å². The Morgan fingerprint density at radius 1 is 1.07 bits per heavy atom. The minimum atomic E-state index is 0.640. The highest BCUT2D eigenvalue weighted by Crippen LogP contribution is 2.54. The molecule has 0 saturated heterocycles. The van der Waals surface area contributed by atoms with E-state index in [4.69, 9.17) is 0 Å². The van der Waals surface area contributed by atoms with Gasteiger partial charge >= 0.3 is 0 Å². The van der Waals surface area contributed by atoms with E-state index < -0.39 is 0 Å². The predicted molar refractivity (Wildman–Crippen MR) is 65.8 cm³/mol. The van der Waals surface area contributed by atoms with Crippen molar-refractivity contribution < 1.29 is 0 Å². The zero-order valence-electron chi connectivity index (χ0n) is 9.61. The number of halogens is 1. The van der Waals surface area contributed by atoms with Crippen molar-refractivity contribution in [3.63, 3.8) is 0 Å². The van der Waals surface area contributed by atoms with E-state index in [1.807, 2.05) is 0 Å². The van der Waals surface area contributed by atoms with Gasteiger partial charge in [0.05, 0.1) is 0 Å². The molecule has 0 spiro atoms. The molecule has 0 N–H and O–H groups in total. The fourth-order valence-corrected chi connectivity index (χ4v) is 3.63. The van der Waals surface area contributed by atoms with Crippen molar-refractivity contribution in [3.05, 3.63) is 0 Å². The van der Waals surface area contributed by atoms with Gasteiger partial charge in [0.15, 0.2) is 0 Å². The van der Waals surface area contributed by atoms with Crippen LogP contribution in [0.1, 0.15) is 58.8 Å². The Hall–Kier alpha value is 0.480. The fraction of sp³-hybridized carbons (Fsp3) is 1.00. The Morgan fingerprint density at radius 2 is 1.64 bits per heavy atom. The van der Waals surface area contributed by atoms with Gasteiger partial charge < -0.3 is 0 Å². The van der Waals surface area contributed by atoms with Crippen LogP contribution in [0.15, 0.2) is 0 Å². The van der Waals surface area contributed by atoms with E-state index >= 15 is 0 Å². The molecule has 0 heterocycles. The van der Waals surface area contributed by atoms with Crippen LogP contribution in [0.2, 0.25) is 0 Å². The number of hydrogen-bond donors (Lipinski definition) is 0. The Morgan fingerprint density at radius 3 is 2.07 bits per heavy atom. The summed E-state index contributed by atoms with van der Waals surface area (Å²) in [6.45, 7) is 4.86. The summed E-state index contributed by atoms with van der Waals surface area (Å²) in [4.78, 5) is 0. The van der Waals surface area contributed by atoms with Gasteiger partial charge in [-0.2, -0.15) is 0 Å². The van der Waals surface area contributed by atoms with Gasteiger partial charge in [-0.3, -0.25) is 0 Å². The second-order valence-corrected chi connectivity index (χ2v) is 7.01. The first-order valence-electron chi connectivity index (χ1n) is 6.11. The van der Waals surface area contributed by atoms with E-state index in [0.717, 1.165) is 11.3 Å². The van der Waals surface area contributed by atoms with Gasteiger partial charge in [0.25, 0.3) is 0 Å². The van der Waals surface area contributed by atoms with Gasteiger partial charge in [-0.1, -0.05) is 29.8 Å². The molecule has 0 aromatic carbocycles. The molecule has 0 nitrogen and oxygen atoms in total. The van der Waals surface area contributed by atoms with Gasteiger partial charge in [-0.25, -0.2) is 0 Å². The van der Waals surface area contributed by atoms with Crippen LogP contribution in [-0.4, -0.2) is 5.33 Å². The smallest absolute Gasteiger partial charge is 0.00880 e. The zero-order valence-corrected chi connectivity index (χ0v) is 11.2. The van der Waals surface area contributed by atoms with Crippen molar-refractivity contribution in [1.29, 1.82) is 0 Å². The maximum absolute atomic E-state index is 3.68. The van der Waals surface area contributed by atoms with E-state index in [2.05, 4.69) is 29.8 Å². The quantitative estimate of drug-likeness (QED) is 0.640. The average Bonchev–Trinajstić information content (AvgIpc) is 2.90. The molecular weight excluding hydrogens is 236 g/mol. The SMILES string of the molecule is CC1(C)CCC(CC2(CBr)CC2)CC1. The number of hydrogen-bond acceptors (Lipinski definition) is 0. The summed E-state index contributed by atoms with van der Waals surface area (Å²) in [5.74, 6) is 1.04. The largest absolute Gasteiger partial charge is 0.0922 e. The molecule has 14 heavy (non-hydrogen) atoms. The highest BCUT2D eigenvalue weighted by Gasteiger charge is 2.43. The molecule has 2 fully saturated rings. The molecule has 2 aliphatic carbocycles. The summed E-state index contributed by atoms with van der Waals surface area (Å²) < 4.78 is 0. The van der Waals surface area contributed by atoms with E-state index in [-0.39, 0.29) is 0 Å². The van der Waals surface area contributed by atoms with Crippen LogP contribution >= 0.6 is 15.9 Å². The minimum absolute atomic E-state index is 0.640. The average molecular weight is 259 g/mol. The van der Waals surface area contributed by atoms with Gasteiger partial charge in [-0.15, -0.1) is 0 Å². The zero-order chi connectivity index (χ0) is 10.2. The van der Waals surface area contributed by atoms with E-state index in [1.165, 1.54) is 50.3 Å². The van der Waals surface area contributed by atoms with Crippen molar-refractivity contribution in [2.45, 2.75) is 58.8 Å². The summed E-state index contributed by atoms with van der Waals surface area (Å²) >= 11 is 3.68. The Bertz CT molecular complexity index is 193. The topological polar surface area (TPSA) is 0 Å². The summed E-state index contributed by atoms with van der Waals surface area (Å²) in [5.41, 5.74) is 1.38. The normalized spacial score (nSPS) is 30.2. The summed E-state index contributed by atoms with van der Waals surface area (Å²) in [5, 5.41) is 1.25. The lowest BCUT2D eigenvalue weighted by Crippen LogP contribution is -2.23. The Balaban J connectivity index is 1.79. The minimum Gasteiger partial charge on any atom is -0.0922 e. The standard InChI is InChI=1S/C13H23Br/c1-12(2)5-3-11(4-6-12)9-13(10-14)7-8-13/h11H,3-10H2,1-2H3. The summed E-state index contributed by atoms with van der Waals surface area (Å²) in [7, 11) is 0. The van der Waals surface area contributed by atoms with E-state index in [9.17, 15) is 0 Å². The number of alkyl halides is 1. The maximum atomic E-state index is 3.68. The molecule has 0 aromatic rings. The van der Waals surface area contributed by atoms with Crippen LogP contribution < -0.4 is 0 Å². The van der Waals surface area contributed by atoms with Gasteiger partial charge in [0.2, 0.25) is 0 Å². The van der Waals surface area contributed by atoms with Crippen LogP contribution in [0.3, 0.4) is 0 Å². The van der Waals surface area contributed by atoms with Crippen molar-refractivity contribution in [2.75, 3.05) is 5.33 Å². The first-order chi connectivity index (χ1) is 6.55. The Kier molecular flexibility index (Phi) is 2.99. The van der Waals surface area contributed by atoms with Crippen molar-refractivity contribution in [3.8, 4) is 0 Å². The summed E-state index contributed by atoms with van der Waals surface area (Å²) in [6, 6.07) is 0. The number of rotatable bonds is 3. The molecule has 0 unspecified atom stereocenters. The fourth-order valence-electron chi connectivity index (χ4n) is 2.84. The molecule has 0 atom stereocenters. The predicted octanol–water partition coefficient (Wildman–Crippen LogP) is 4.77. The molecule has 1 heteroatoms. The molecule has 0 amide bonds.